The number of benzene rings is 2. The van der Waals surface area contributed by atoms with Crippen LogP contribution < -0.4 is 47.4 Å². The number of nitrogens with zero attached hydrogens (tertiary/aromatic N) is 11. The third kappa shape index (κ3) is 10.5. The van der Waals surface area contributed by atoms with Crippen LogP contribution in [0.15, 0.2) is 36.4 Å². The summed E-state index contributed by atoms with van der Waals surface area (Å²) in [7, 11) is 4.18. The molecule has 2 amide bonds. The fraction of sp³-hybridized carbons (Fsp3) is 0.500. The van der Waals surface area contributed by atoms with E-state index in [2.05, 4.69) is 72.2 Å². The second-order valence-corrected chi connectivity index (χ2v) is 16.9. The van der Waals surface area contributed by atoms with Gasteiger partial charge in [0.1, 0.15) is 29.0 Å². The number of hydrogen-bond acceptors (Lipinski definition) is 17. The summed E-state index contributed by atoms with van der Waals surface area (Å²) >= 11 is 0. The van der Waals surface area contributed by atoms with Crippen molar-refractivity contribution in [2.45, 2.75) is 65.5 Å². The summed E-state index contributed by atoms with van der Waals surface area (Å²) < 4.78 is 0. The van der Waals surface area contributed by atoms with Gasteiger partial charge in [0.15, 0.2) is 0 Å². The lowest BCUT2D eigenvalue weighted by Gasteiger charge is -2.34. The summed E-state index contributed by atoms with van der Waals surface area (Å²) in [5.41, 5.74) is 24.0. The van der Waals surface area contributed by atoms with Crippen molar-refractivity contribution >= 4 is 69.7 Å². The molecule has 8 rings (SSSR count). The lowest BCUT2D eigenvalue weighted by Crippen LogP contribution is -2.44. The number of rotatable bonds is 15. The average molecular weight is 879 g/mol. The number of nitrogens with one attached hydrogen (secondary N) is 2. The van der Waals surface area contributed by atoms with Crippen LogP contribution in [0.25, 0.3) is 0 Å². The highest BCUT2D eigenvalue weighted by molar-refractivity contribution is 6.02. The van der Waals surface area contributed by atoms with E-state index in [-0.39, 0.29) is 47.6 Å². The van der Waals surface area contributed by atoms with Gasteiger partial charge in [0.2, 0.25) is 23.7 Å². The van der Waals surface area contributed by atoms with Crippen LogP contribution in [-0.2, 0) is 35.5 Å². The van der Waals surface area contributed by atoms with Crippen molar-refractivity contribution in [1.29, 1.82) is 0 Å². The first-order chi connectivity index (χ1) is 30.8. The van der Waals surface area contributed by atoms with E-state index in [1.165, 1.54) is 4.90 Å². The predicted octanol–water partition coefficient (Wildman–Crippen LogP) is 3.71. The third-order valence-electron chi connectivity index (χ3n) is 12.1. The molecule has 2 aromatic heterocycles. The van der Waals surface area contributed by atoms with Crippen molar-refractivity contribution < 1.29 is 14.5 Å². The van der Waals surface area contributed by atoms with Gasteiger partial charge in [0.05, 0.1) is 42.2 Å². The van der Waals surface area contributed by atoms with E-state index in [0.717, 1.165) is 102 Å². The van der Waals surface area contributed by atoms with Gasteiger partial charge in [0, 0.05) is 82.6 Å². The number of unbranched alkanes of at least 4 members (excludes halogenated alkanes) is 2. The molecular weight excluding hydrogens is 817 g/mol. The van der Waals surface area contributed by atoms with Gasteiger partial charge < -0.3 is 47.4 Å². The molecule has 4 aliphatic heterocycles. The Morgan fingerprint density at radius 2 is 1.08 bits per heavy atom. The second kappa shape index (κ2) is 20.3. The minimum absolute atomic E-state index is 0.0246. The van der Waals surface area contributed by atoms with E-state index >= 15 is 0 Å². The van der Waals surface area contributed by atoms with Crippen LogP contribution in [0.1, 0.15) is 61.8 Å². The molecule has 2 fully saturated rings. The maximum absolute atomic E-state index is 12.8. The first-order valence-corrected chi connectivity index (χ1v) is 22.3. The van der Waals surface area contributed by atoms with E-state index in [1.54, 1.807) is 17.0 Å². The molecule has 2 aromatic carbocycles. The number of anilines is 9. The number of piperazine rings is 2. The molecule has 0 spiro atoms. The largest absolute Gasteiger partial charge is 0.397 e. The topological polar surface area (TPSA) is 250 Å². The lowest BCUT2D eigenvalue weighted by molar-refractivity contribution is -0.384. The summed E-state index contributed by atoms with van der Waals surface area (Å²) in [4.78, 5) is 66.8. The van der Waals surface area contributed by atoms with Crippen LogP contribution in [0.2, 0.25) is 0 Å². The molecule has 342 valence electrons. The van der Waals surface area contributed by atoms with Crippen molar-refractivity contribution in [3.8, 4) is 0 Å². The number of hydrogen-bond donors (Lipinski definition) is 5. The fourth-order valence-electron chi connectivity index (χ4n) is 8.26. The fourth-order valence-corrected chi connectivity index (χ4v) is 8.26. The van der Waals surface area contributed by atoms with E-state index < -0.39 is 0 Å². The van der Waals surface area contributed by atoms with Crippen LogP contribution in [0.3, 0.4) is 0 Å². The number of carbonyl (C=O) groups excluding carboxylic acids is 2. The summed E-state index contributed by atoms with van der Waals surface area (Å²) in [6.07, 6.45) is 4.43. The van der Waals surface area contributed by atoms with Crippen LogP contribution in [0, 0.1) is 10.1 Å². The van der Waals surface area contributed by atoms with Crippen molar-refractivity contribution in [3.63, 3.8) is 0 Å². The van der Waals surface area contributed by atoms with Crippen molar-refractivity contribution in [2.75, 3.05) is 127 Å². The molecule has 0 aliphatic carbocycles. The zero-order valence-corrected chi connectivity index (χ0v) is 37.5. The number of amides is 2. The van der Waals surface area contributed by atoms with Crippen molar-refractivity contribution in [3.05, 3.63) is 68.8 Å². The van der Waals surface area contributed by atoms with Gasteiger partial charge in [0.25, 0.3) is 5.69 Å². The molecule has 4 aromatic rings. The van der Waals surface area contributed by atoms with Gasteiger partial charge in [-0.05, 0) is 56.3 Å². The Balaban J connectivity index is 0.000000192. The molecule has 4 aliphatic rings. The molecule has 0 saturated carbocycles. The summed E-state index contributed by atoms with van der Waals surface area (Å²) in [6.45, 7) is 13.4. The minimum atomic E-state index is -0.354. The van der Waals surface area contributed by atoms with E-state index in [0.29, 0.717) is 64.8 Å². The zero-order chi connectivity index (χ0) is 45.5. The van der Waals surface area contributed by atoms with Crippen LogP contribution in [0.4, 0.5) is 57.9 Å². The van der Waals surface area contributed by atoms with Gasteiger partial charge in [-0.15, -0.1) is 0 Å². The molecule has 6 heterocycles. The molecular formula is C44H62N16O4. The molecule has 0 atom stereocenters. The Kier molecular flexibility index (Phi) is 14.4. The molecule has 20 heteroatoms. The number of nitrogens with two attached hydrogens (primary N) is 3. The normalized spacial score (nSPS) is 16.4. The lowest BCUT2D eigenvalue weighted by atomic mass is 10.1. The van der Waals surface area contributed by atoms with Crippen LogP contribution in [0.5, 0.6) is 0 Å². The highest BCUT2D eigenvalue weighted by Crippen LogP contribution is 2.36. The number of nitro benzene ring substituents is 1. The number of nitrogen functional groups attached to an aromatic ring is 3. The van der Waals surface area contributed by atoms with Gasteiger partial charge in [-0.3, -0.25) is 29.5 Å². The van der Waals surface area contributed by atoms with E-state index in [4.69, 9.17) is 17.2 Å². The van der Waals surface area contributed by atoms with Gasteiger partial charge in [-0.25, -0.2) is 0 Å². The summed E-state index contributed by atoms with van der Waals surface area (Å²) in [5, 5.41) is 18.2. The number of fused-ring (bicyclic) bond motifs is 2. The molecule has 0 unspecified atom stereocenters. The van der Waals surface area contributed by atoms with Crippen molar-refractivity contribution in [1.82, 2.24) is 29.7 Å². The molecule has 8 N–H and O–H groups in total. The first kappa shape index (κ1) is 45.5. The van der Waals surface area contributed by atoms with Crippen LogP contribution in [-0.4, -0.2) is 126 Å². The highest BCUT2D eigenvalue weighted by atomic mass is 16.6. The number of aromatic nitrogens is 4. The number of carbonyl (C=O) groups is 2. The first-order valence-electron chi connectivity index (χ1n) is 22.3. The minimum Gasteiger partial charge on any atom is -0.397 e. The van der Waals surface area contributed by atoms with Gasteiger partial charge in [-0.2, -0.15) is 19.9 Å². The summed E-state index contributed by atoms with van der Waals surface area (Å²) in [6, 6.07) is 11.3. The standard InChI is InChI=1S/C22H30N8O3.C22H32N8O/c1-3-4-7-24-22-25-20(23)16-13-19(31)29(21(16)26-22)14-15-5-6-17(18(12-15)30(32)33)28-10-8-27(2)9-11-28;1-3-4-7-25-22-26-20(24)16-13-19(31)30(21(16)27-22)14-15-5-6-18(17(23)12-15)29-10-8-28(2)9-11-29/h5-6,12H,3-4,7-11,13-14H2,1-2H3,(H3,23,24,25,26);5-6,12H,3-4,7-11,13-14,23H2,1-2H3,(H3,24,25,26,27). The smallest absolute Gasteiger partial charge is 0.292 e. The SMILES string of the molecule is CCCCNc1nc(N)c2c(n1)N(Cc1ccc(N3CCN(C)CC3)c(N)c1)C(=O)C2.CCCCNc1nc(N)c2c(n1)N(Cc1ccc(N3CCN(C)CC3)c([N+](=O)[O-])c1)C(=O)C2. The van der Waals surface area contributed by atoms with Gasteiger partial charge >= 0.3 is 0 Å². The Morgan fingerprint density at radius 1 is 0.641 bits per heavy atom. The quantitative estimate of drug-likeness (QED) is 0.0494. The third-order valence-corrected chi connectivity index (χ3v) is 12.1. The molecule has 0 bridgehead atoms. The maximum atomic E-state index is 12.8. The summed E-state index contributed by atoms with van der Waals surface area (Å²) in [5.74, 6) is 2.39. The second-order valence-electron chi connectivity index (χ2n) is 16.9. The zero-order valence-electron chi connectivity index (χ0n) is 37.5. The average Bonchev–Trinajstić information content (AvgIpc) is 3.76. The highest BCUT2D eigenvalue weighted by Gasteiger charge is 2.34. The van der Waals surface area contributed by atoms with Gasteiger partial charge in [-0.1, -0.05) is 38.8 Å². The van der Waals surface area contributed by atoms with E-state index in [1.807, 2.05) is 30.1 Å². The maximum Gasteiger partial charge on any atom is 0.292 e. The monoisotopic (exact) mass is 879 g/mol. The molecule has 20 nitrogen and oxygen atoms in total. The number of nitro groups is 1. The predicted molar refractivity (Wildman–Crippen MR) is 253 cm³/mol. The number of likely N-dealkylation sites (N-methyl/N-ethyl adjacent to an activating group) is 2. The van der Waals surface area contributed by atoms with Crippen molar-refractivity contribution in [2.24, 2.45) is 0 Å². The Morgan fingerprint density at radius 3 is 1.52 bits per heavy atom. The molecule has 0 radical (unpaired) electrons. The van der Waals surface area contributed by atoms with E-state index in [9.17, 15) is 19.7 Å². The molecule has 64 heavy (non-hydrogen) atoms. The molecule has 2 saturated heterocycles. The Hall–Kier alpha value is -6.54. The Bertz CT molecular complexity index is 2330. The Labute approximate surface area is 374 Å². The van der Waals surface area contributed by atoms with Crippen LogP contribution >= 0.6 is 0 Å².